The zero-order valence-corrected chi connectivity index (χ0v) is 13.9. The van der Waals surface area contributed by atoms with E-state index in [2.05, 4.69) is 0 Å². The SMILES string of the molecule is CN(CCC1CCCCO1)C(=O)CCCN1CCCCC1=O. The molecule has 0 N–H and O–H groups in total. The van der Waals surface area contributed by atoms with E-state index in [4.69, 9.17) is 4.74 Å². The van der Waals surface area contributed by atoms with Crippen LogP contribution in [0.1, 0.15) is 57.8 Å². The summed E-state index contributed by atoms with van der Waals surface area (Å²) < 4.78 is 5.70. The zero-order valence-electron chi connectivity index (χ0n) is 13.9. The molecular weight excluding hydrogens is 280 g/mol. The fraction of sp³-hybridized carbons (Fsp3) is 0.882. The van der Waals surface area contributed by atoms with Crippen LogP contribution in [0.15, 0.2) is 0 Å². The lowest BCUT2D eigenvalue weighted by Gasteiger charge is -2.27. The van der Waals surface area contributed by atoms with Gasteiger partial charge in [-0.3, -0.25) is 9.59 Å². The molecule has 2 rings (SSSR count). The van der Waals surface area contributed by atoms with Gasteiger partial charge in [0.15, 0.2) is 0 Å². The van der Waals surface area contributed by atoms with E-state index in [9.17, 15) is 9.59 Å². The van der Waals surface area contributed by atoms with Crippen molar-refractivity contribution in [1.29, 1.82) is 0 Å². The molecule has 2 amide bonds. The molecule has 5 heteroatoms. The molecule has 2 aliphatic heterocycles. The minimum atomic E-state index is 0.181. The topological polar surface area (TPSA) is 49.9 Å². The van der Waals surface area contributed by atoms with Crippen LogP contribution in [0.5, 0.6) is 0 Å². The van der Waals surface area contributed by atoms with Crippen molar-refractivity contribution in [2.45, 2.75) is 63.9 Å². The predicted octanol–water partition coefficient (Wildman–Crippen LogP) is 2.20. The maximum atomic E-state index is 12.1. The van der Waals surface area contributed by atoms with Gasteiger partial charge in [-0.05, 0) is 44.9 Å². The minimum Gasteiger partial charge on any atom is -0.378 e. The standard InChI is InChI=1S/C17H30N2O3/c1-18(13-10-15-7-3-5-14-22-15)16(20)9-6-12-19-11-4-2-8-17(19)21/h15H,2-14H2,1H3. The summed E-state index contributed by atoms with van der Waals surface area (Å²) in [6, 6.07) is 0. The van der Waals surface area contributed by atoms with Gasteiger partial charge in [-0.2, -0.15) is 0 Å². The van der Waals surface area contributed by atoms with Crippen molar-refractivity contribution in [2.24, 2.45) is 0 Å². The third-order valence-corrected chi connectivity index (χ3v) is 4.73. The first-order chi connectivity index (χ1) is 10.7. The summed E-state index contributed by atoms with van der Waals surface area (Å²) in [6.45, 7) is 3.23. The van der Waals surface area contributed by atoms with Crippen molar-refractivity contribution in [2.75, 3.05) is 33.3 Å². The van der Waals surface area contributed by atoms with E-state index >= 15 is 0 Å². The molecule has 0 bridgehead atoms. The van der Waals surface area contributed by atoms with E-state index in [1.54, 1.807) is 0 Å². The zero-order chi connectivity index (χ0) is 15.8. The molecule has 5 nitrogen and oxygen atoms in total. The van der Waals surface area contributed by atoms with Gasteiger partial charge in [-0.15, -0.1) is 0 Å². The van der Waals surface area contributed by atoms with Crippen LogP contribution < -0.4 is 0 Å². The van der Waals surface area contributed by atoms with Gasteiger partial charge in [0.2, 0.25) is 11.8 Å². The van der Waals surface area contributed by atoms with Gasteiger partial charge in [0.05, 0.1) is 6.10 Å². The summed E-state index contributed by atoms with van der Waals surface area (Å²) in [6.07, 6.45) is 8.89. The van der Waals surface area contributed by atoms with Gasteiger partial charge in [-0.1, -0.05) is 0 Å². The summed E-state index contributed by atoms with van der Waals surface area (Å²) in [7, 11) is 1.87. The third-order valence-electron chi connectivity index (χ3n) is 4.73. The molecular formula is C17H30N2O3. The van der Waals surface area contributed by atoms with Crippen molar-refractivity contribution in [3.05, 3.63) is 0 Å². The van der Waals surface area contributed by atoms with Gasteiger partial charge >= 0.3 is 0 Å². The Morgan fingerprint density at radius 2 is 2.18 bits per heavy atom. The Balaban J connectivity index is 1.58. The molecule has 2 aliphatic rings. The molecule has 2 heterocycles. The Morgan fingerprint density at radius 3 is 2.91 bits per heavy atom. The van der Waals surface area contributed by atoms with Crippen molar-refractivity contribution in [3.8, 4) is 0 Å². The first-order valence-electron chi connectivity index (χ1n) is 8.80. The lowest BCUT2D eigenvalue weighted by molar-refractivity contribution is -0.135. The number of rotatable bonds is 7. The van der Waals surface area contributed by atoms with Crippen LogP contribution in [0, 0.1) is 0 Å². The Hall–Kier alpha value is -1.10. The Bertz CT molecular complexity index is 367. The average Bonchev–Trinajstić information content (AvgIpc) is 2.55. The van der Waals surface area contributed by atoms with Crippen LogP contribution in [-0.2, 0) is 14.3 Å². The number of nitrogens with zero attached hydrogens (tertiary/aromatic N) is 2. The fourth-order valence-electron chi connectivity index (χ4n) is 3.21. The average molecular weight is 310 g/mol. The first kappa shape index (κ1) is 17.3. The minimum absolute atomic E-state index is 0.181. The van der Waals surface area contributed by atoms with Gasteiger partial charge in [-0.25, -0.2) is 0 Å². The Morgan fingerprint density at radius 1 is 1.32 bits per heavy atom. The van der Waals surface area contributed by atoms with Crippen molar-refractivity contribution in [1.82, 2.24) is 9.80 Å². The maximum Gasteiger partial charge on any atom is 0.222 e. The number of amides is 2. The number of carbonyl (C=O) groups is 2. The van der Waals surface area contributed by atoms with Crippen LogP contribution in [-0.4, -0.2) is 61.0 Å². The molecule has 0 radical (unpaired) electrons. The second-order valence-electron chi connectivity index (χ2n) is 6.53. The lowest BCUT2D eigenvalue weighted by Crippen LogP contribution is -2.37. The molecule has 0 saturated carbocycles. The molecule has 0 aliphatic carbocycles. The quantitative estimate of drug-likeness (QED) is 0.724. The van der Waals surface area contributed by atoms with Gasteiger partial charge in [0.25, 0.3) is 0 Å². The molecule has 0 aromatic carbocycles. The number of hydrogen-bond donors (Lipinski definition) is 0. The highest BCUT2D eigenvalue weighted by atomic mass is 16.5. The summed E-state index contributed by atoms with van der Waals surface area (Å²) in [4.78, 5) is 27.5. The lowest BCUT2D eigenvalue weighted by atomic mass is 10.1. The normalized spacial score (nSPS) is 22.7. The summed E-state index contributed by atoms with van der Waals surface area (Å²) in [5.74, 6) is 0.432. The monoisotopic (exact) mass is 310 g/mol. The second-order valence-corrected chi connectivity index (χ2v) is 6.53. The molecule has 0 spiro atoms. The van der Waals surface area contributed by atoms with Gasteiger partial charge in [0.1, 0.15) is 0 Å². The fourth-order valence-corrected chi connectivity index (χ4v) is 3.21. The van der Waals surface area contributed by atoms with Crippen LogP contribution in [0.3, 0.4) is 0 Å². The van der Waals surface area contributed by atoms with E-state index in [0.717, 1.165) is 58.3 Å². The van der Waals surface area contributed by atoms with Crippen molar-refractivity contribution >= 4 is 11.8 Å². The van der Waals surface area contributed by atoms with Crippen LogP contribution >= 0.6 is 0 Å². The summed E-state index contributed by atoms with van der Waals surface area (Å²) >= 11 is 0. The van der Waals surface area contributed by atoms with E-state index in [1.165, 1.54) is 12.8 Å². The molecule has 2 saturated heterocycles. The predicted molar refractivity (Wildman–Crippen MR) is 85.5 cm³/mol. The van der Waals surface area contributed by atoms with Crippen LogP contribution in [0.25, 0.3) is 0 Å². The van der Waals surface area contributed by atoms with E-state index in [1.807, 2.05) is 16.8 Å². The molecule has 22 heavy (non-hydrogen) atoms. The maximum absolute atomic E-state index is 12.1. The smallest absolute Gasteiger partial charge is 0.222 e. The summed E-state index contributed by atoms with van der Waals surface area (Å²) in [5, 5.41) is 0. The van der Waals surface area contributed by atoms with Crippen LogP contribution in [0.2, 0.25) is 0 Å². The van der Waals surface area contributed by atoms with Gasteiger partial charge < -0.3 is 14.5 Å². The van der Waals surface area contributed by atoms with Gasteiger partial charge in [0, 0.05) is 46.1 Å². The molecule has 2 fully saturated rings. The highest BCUT2D eigenvalue weighted by Crippen LogP contribution is 2.16. The number of hydrogen-bond acceptors (Lipinski definition) is 3. The third kappa shape index (κ3) is 5.59. The molecule has 0 aromatic rings. The number of likely N-dealkylation sites (tertiary alicyclic amines) is 1. The van der Waals surface area contributed by atoms with E-state index in [-0.39, 0.29) is 11.8 Å². The Labute approximate surface area is 134 Å². The van der Waals surface area contributed by atoms with E-state index in [0.29, 0.717) is 18.9 Å². The molecule has 1 unspecified atom stereocenters. The van der Waals surface area contributed by atoms with Crippen molar-refractivity contribution in [3.63, 3.8) is 0 Å². The summed E-state index contributed by atoms with van der Waals surface area (Å²) in [5.41, 5.74) is 0. The highest BCUT2D eigenvalue weighted by molar-refractivity contribution is 5.77. The molecule has 1 atom stereocenters. The number of carbonyl (C=O) groups excluding carboxylic acids is 2. The Kier molecular flexibility index (Phi) is 7.16. The largest absolute Gasteiger partial charge is 0.378 e. The highest BCUT2D eigenvalue weighted by Gasteiger charge is 2.19. The first-order valence-corrected chi connectivity index (χ1v) is 8.80. The molecule has 126 valence electrons. The number of piperidine rings is 1. The van der Waals surface area contributed by atoms with E-state index < -0.39 is 0 Å². The van der Waals surface area contributed by atoms with Crippen LogP contribution in [0.4, 0.5) is 0 Å². The van der Waals surface area contributed by atoms with Crippen molar-refractivity contribution < 1.29 is 14.3 Å². The molecule has 0 aromatic heterocycles. The number of ether oxygens (including phenoxy) is 1. The second kappa shape index (κ2) is 9.13.